The Morgan fingerprint density at radius 1 is 0.885 bits per heavy atom. The van der Waals surface area contributed by atoms with Gasteiger partial charge in [-0.05, 0) is 78.6 Å². The summed E-state index contributed by atoms with van der Waals surface area (Å²) in [5.74, 6) is 1.95. The molecule has 2 rings (SSSR count). The van der Waals surface area contributed by atoms with Gasteiger partial charge >= 0.3 is 12.1 Å². The lowest BCUT2D eigenvalue weighted by Gasteiger charge is -2.31. The number of amides is 4. The van der Waals surface area contributed by atoms with Gasteiger partial charge in [0.25, 0.3) is 0 Å². The molecule has 0 saturated heterocycles. The molecule has 4 N–H and O–H groups in total. The number of carbonyl (C=O) groups is 2. The number of rotatable bonds is 4. The number of carbonyl (C=O) groups excluding carboxylic acids is 2. The van der Waals surface area contributed by atoms with Crippen molar-refractivity contribution < 1.29 is 9.59 Å². The molecule has 6 heteroatoms. The normalized spacial score (nSPS) is 28.8. The Morgan fingerprint density at radius 2 is 1.50 bits per heavy atom. The van der Waals surface area contributed by atoms with Crippen molar-refractivity contribution in [2.24, 2.45) is 17.8 Å². The topological polar surface area (TPSA) is 82.3 Å². The molecule has 0 aliphatic heterocycles. The van der Waals surface area contributed by atoms with Gasteiger partial charge in [-0.3, -0.25) is 0 Å². The van der Waals surface area contributed by atoms with E-state index in [1.165, 1.54) is 19.3 Å². The first-order chi connectivity index (χ1) is 11.9. The van der Waals surface area contributed by atoms with E-state index >= 15 is 0 Å². The summed E-state index contributed by atoms with van der Waals surface area (Å²) in [7, 11) is 0. The minimum atomic E-state index is -0.209. The fourth-order valence-electron chi connectivity index (χ4n) is 4.00. The maximum Gasteiger partial charge on any atom is 0.315 e. The molecule has 0 aromatic rings. The lowest BCUT2D eigenvalue weighted by atomic mass is 9.82. The SMILES string of the molecule is CC(C)(C)NC(=O)NCC1CC1C1CCCC(NC(=O)NC(C)(C)C)C1. The summed E-state index contributed by atoms with van der Waals surface area (Å²) in [6.07, 6.45) is 5.74. The summed E-state index contributed by atoms with van der Waals surface area (Å²) in [6, 6.07) is 0.135. The highest BCUT2D eigenvalue weighted by atomic mass is 16.2. The highest BCUT2D eigenvalue weighted by molar-refractivity contribution is 5.75. The Balaban J connectivity index is 1.70. The van der Waals surface area contributed by atoms with E-state index in [1.54, 1.807) is 0 Å². The molecule has 4 unspecified atom stereocenters. The van der Waals surface area contributed by atoms with Crippen LogP contribution >= 0.6 is 0 Å². The molecular weight excluding hydrogens is 328 g/mol. The van der Waals surface area contributed by atoms with E-state index in [0.717, 1.165) is 19.4 Å². The van der Waals surface area contributed by atoms with Crippen molar-refractivity contribution in [3.8, 4) is 0 Å². The molecule has 0 bridgehead atoms. The molecule has 26 heavy (non-hydrogen) atoms. The van der Waals surface area contributed by atoms with Crippen molar-refractivity contribution in [3.63, 3.8) is 0 Å². The molecule has 6 nitrogen and oxygen atoms in total. The van der Waals surface area contributed by atoms with Gasteiger partial charge in [0.15, 0.2) is 0 Å². The molecule has 2 saturated carbocycles. The molecule has 2 aliphatic rings. The molecule has 2 fully saturated rings. The molecule has 0 aromatic carbocycles. The number of urea groups is 2. The summed E-state index contributed by atoms with van der Waals surface area (Å²) < 4.78 is 0. The van der Waals surface area contributed by atoms with E-state index in [0.29, 0.717) is 17.8 Å². The zero-order valence-corrected chi connectivity index (χ0v) is 17.4. The molecule has 0 aromatic heterocycles. The predicted molar refractivity (Wildman–Crippen MR) is 105 cm³/mol. The molecule has 0 spiro atoms. The van der Waals surface area contributed by atoms with Crippen molar-refractivity contribution in [2.45, 2.75) is 90.8 Å². The lowest BCUT2D eigenvalue weighted by molar-refractivity contribution is 0.211. The van der Waals surface area contributed by atoms with Gasteiger partial charge in [-0.15, -0.1) is 0 Å². The van der Waals surface area contributed by atoms with Crippen LogP contribution in [0.5, 0.6) is 0 Å². The van der Waals surface area contributed by atoms with Gasteiger partial charge in [0.1, 0.15) is 0 Å². The molecular formula is C20H38N4O2. The van der Waals surface area contributed by atoms with Crippen LogP contribution in [0.25, 0.3) is 0 Å². The van der Waals surface area contributed by atoms with Crippen molar-refractivity contribution >= 4 is 12.1 Å². The van der Waals surface area contributed by atoms with Gasteiger partial charge in [-0.25, -0.2) is 9.59 Å². The first-order valence-corrected chi connectivity index (χ1v) is 10.1. The van der Waals surface area contributed by atoms with Crippen LogP contribution in [0.4, 0.5) is 9.59 Å². The van der Waals surface area contributed by atoms with Crippen LogP contribution in [-0.2, 0) is 0 Å². The first kappa shape index (κ1) is 20.8. The highest BCUT2D eigenvalue weighted by Crippen LogP contribution is 2.49. The van der Waals surface area contributed by atoms with E-state index < -0.39 is 0 Å². The molecule has 0 heterocycles. The highest BCUT2D eigenvalue weighted by Gasteiger charge is 2.44. The smallest absolute Gasteiger partial charge is 0.315 e. The van der Waals surface area contributed by atoms with Crippen LogP contribution in [0, 0.1) is 17.8 Å². The number of hydrogen-bond acceptors (Lipinski definition) is 2. The minimum Gasteiger partial charge on any atom is -0.338 e. The van der Waals surface area contributed by atoms with Crippen LogP contribution in [0.3, 0.4) is 0 Å². The van der Waals surface area contributed by atoms with Crippen molar-refractivity contribution in [1.29, 1.82) is 0 Å². The zero-order chi connectivity index (χ0) is 19.5. The summed E-state index contributed by atoms with van der Waals surface area (Å²) in [4.78, 5) is 24.0. The Morgan fingerprint density at radius 3 is 2.12 bits per heavy atom. The van der Waals surface area contributed by atoms with Gasteiger partial charge in [0.2, 0.25) is 0 Å². The Bertz CT molecular complexity index is 507. The fraction of sp³-hybridized carbons (Fsp3) is 0.900. The van der Waals surface area contributed by atoms with Crippen LogP contribution in [0.2, 0.25) is 0 Å². The van der Waals surface area contributed by atoms with E-state index in [4.69, 9.17) is 0 Å². The molecule has 0 radical (unpaired) electrons. The molecule has 4 atom stereocenters. The van der Waals surface area contributed by atoms with Crippen molar-refractivity contribution in [2.75, 3.05) is 6.54 Å². The summed E-state index contributed by atoms with van der Waals surface area (Å²) in [5.41, 5.74) is -0.415. The third-order valence-electron chi connectivity index (χ3n) is 5.13. The monoisotopic (exact) mass is 366 g/mol. The molecule has 4 amide bonds. The van der Waals surface area contributed by atoms with Crippen LogP contribution in [0.1, 0.15) is 73.6 Å². The van der Waals surface area contributed by atoms with Crippen LogP contribution < -0.4 is 21.3 Å². The maximum atomic E-state index is 12.1. The average Bonchev–Trinajstić information content (AvgIpc) is 3.21. The van der Waals surface area contributed by atoms with Crippen LogP contribution in [0.15, 0.2) is 0 Å². The third kappa shape index (κ3) is 7.42. The standard InChI is InChI=1S/C20H38N4O2/c1-19(2,3)23-17(25)21-12-14-11-16(14)13-8-7-9-15(10-13)22-18(26)24-20(4,5)6/h13-16H,7-12H2,1-6H3,(H2,21,23,25)(H2,22,24,26). The van der Waals surface area contributed by atoms with E-state index in [2.05, 4.69) is 21.3 Å². The first-order valence-electron chi connectivity index (χ1n) is 10.1. The van der Waals surface area contributed by atoms with Gasteiger partial charge in [0, 0.05) is 23.7 Å². The van der Waals surface area contributed by atoms with E-state index in [1.807, 2.05) is 41.5 Å². The van der Waals surface area contributed by atoms with E-state index in [9.17, 15) is 9.59 Å². The van der Waals surface area contributed by atoms with Gasteiger partial charge in [0.05, 0.1) is 0 Å². The van der Waals surface area contributed by atoms with Gasteiger partial charge in [-0.2, -0.15) is 0 Å². The van der Waals surface area contributed by atoms with E-state index in [-0.39, 0.29) is 29.2 Å². The largest absolute Gasteiger partial charge is 0.338 e. The quantitative estimate of drug-likeness (QED) is 0.615. The second-order valence-corrected chi connectivity index (χ2v) is 10.2. The van der Waals surface area contributed by atoms with Gasteiger partial charge < -0.3 is 21.3 Å². The third-order valence-corrected chi connectivity index (χ3v) is 5.13. The summed E-state index contributed by atoms with van der Waals surface area (Å²) in [5, 5.41) is 12.1. The Labute approximate surface area is 158 Å². The number of nitrogens with one attached hydrogen (secondary N) is 4. The molecule has 2 aliphatic carbocycles. The summed E-state index contributed by atoms with van der Waals surface area (Å²) in [6.45, 7) is 12.7. The Hall–Kier alpha value is -1.46. The van der Waals surface area contributed by atoms with Gasteiger partial charge in [-0.1, -0.05) is 12.8 Å². The second kappa shape index (κ2) is 8.05. The van der Waals surface area contributed by atoms with Crippen molar-refractivity contribution in [3.05, 3.63) is 0 Å². The zero-order valence-electron chi connectivity index (χ0n) is 17.4. The Kier molecular flexibility index (Phi) is 6.46. The molecule has 150 valence electrons. The summed E-state index contributed by atoms with van der Waals surface area (Å²) >= 11 is 0. The fourth-order valence-corrected chi connectivity index (χ4v) is 4.00. The van der Waals surface area contributed by atoms with Crippen LogP contribution in [-0.4, -0.2) is 35.7 Å². The maximum absolute atomic E-state index is 12.1. The minimum absolute atomic E-state index is 0.0592. The second-order valence-electron chi connectivity index (χ2n) is 10.2. The number of hydrogen-bond donors (Lipinski definition) is 4. The average molecular weight is 367 g/mol. The van der Waals surface area contributed by atoms with Crippen molar-refractivity contribution in [1.82, 2.24) is 21.3 Å². The predicted octanol–water partition coefficient (Wildman–Crippen LogP) is 3.38. The lowest BCUT2D eigenvalue weighted by Crippen LogP contribution is -2.50.